The molecule has 5 heteroatoms. The Morgan fingerprint density at radius 1 is 1.15 bits per heavy atom. The molecule has 1 aromatic heterocycles. The van der Waals surface area contributed by atoms with E-state index in [1.807, 2.05) is 49.0 Å². The number of anilines is 1. The second-order valence-electron chi connectivity index (χ2n) is 6.33. The first kappa shape index (κ1) is 17.7. The number of hydrogen-bond acceptors (Lipinski definition) is 3. The van der Waals surface area contributed by atoms with Crippen LogP contribution < -0.4 is 10.1 Å². The van der Waals surface area contributed by atoms with Gasteiger partial charge in [0, 0.05) is 36.0 Å². The highest BCUT2D eigenvalue weighted by Crippen LogP contribution is 2.19. The number of ether oxygens (including phenoxy) is 1. The lowest BCUT2D eigenvalue weighted by Crippen LogP contribution is -2.11. The van der Waals surface area contributed by atoms with Gasteiger partial charge in [-0.3, -0.25) is 9.48 Å². The summed E-state index contributed by atoms with van der Waals surface area (Å²) in [7, 11) is 3.55. The Labute approximate surface area is 153 Å². The first-order chi connectivity index (χ1) is 12.5. The molecule has 0 bridgehead atoms. The molecule has 0 unspecified atom stereocenters. The van der Waals surface area contributed by atoms with Crippen LogP contribution in [-0.4, -0.2) is 22.8 Å². The molecule has 1 N–H and O–H groups in total. The Morgan fingerprint density at radius 3 is 2.50 bits per heavy atom. The molecule has 0 aliphatic rings. The zero-order valence-electron chi connectivity index (χ0n) is 15.5. The predicted molar refractivity (Wildman–Crippen MR) is 103 cm³/mol. The van der Waals surface area contributed by atoms with Gasteiger partial charge in [-0.05, 0) is 49.7 Å². The third-order valence-corrected chi connectivity index (χ3v) is 4.58. The van der Waals surface area contributed by atoms with E-state index in [2.05, 4.69) is 17.3 Å². The molecule has 0 radical (unpaired) electrons. The maximum Gasteiger partial charge on any atom is 0.255 e. The molecule has 2 aromatic carbocycles. The number of carbonyl (C=O) groups excluding carboxylic acids is 1. The van der Waals surface area contributed by atoms with E-state index in [9.17, 15) is 4.79 Å². The fourth-order valence-corrected chi connectivity index (χ4v) is 2.95. The Hall–Kier alpha value is -3.08. The number of nitrogens with one attached hydrogen (secondary N) is 1. The van der Waals surface area contributed by atoms with Crippen LogP contribution in [0.15, 0.2) is 48.5 Å². The zero-order valence-corrected chi connectivity index (χ0v) is 15.5. The third kappa shape index (κ3) is 3.77. The van der Waals surface area contributed by atoms with Crippen molar-refractivity contribution in [1.82, 2.24) is 9.78 Å². The van der Waals surface area contributed by atoms with Gasteiger partial charge < -0.3 is 10.1 Å². The summed E-state index contributed by atoms with van der Waals surface area (Å²) in [5.74, 6) is 0.505. The lowest BCUT2D eigenvalue weighted by molar-refractivity contribution is 0.102. The quantitative estimate of drug-likeness (QED) is 0.760. The van der Waals surface area contributed by atoms with Gasteiger partial charge in [-0.25, -0.2) is 0 Å². The number of benzene rings is 2. The van der Waals surface area contributed by atoms with Crippen LogP contribution in [0.1, 0.15) is 32.9 Å². The predicted octanol–water partition coefficient (Wildman–Crippen LogP) is 3.89. The normalized spacial score (nSPS) is 10.6. The van der Waals surface area contributed by atoms with E-state index in [0.717, 1.165) is 17.8 Å². The van der Waals surface area contributed by atoms with Crippen LogP contribution in [0.5, 0.6) is 5.75 Å². The molecule has 3 rings (SSSR count). The zero-order chi connectivity index (χ0) is 18.7. The van der Waals surface area contributed by atoms with Gasteiger partial charge in [0.25, 0.3) is 5.91 Å². The van der Waals surface area contributed by atoms with Crippen LogP contribution in [0, 0.1) is 13.8 Å². The summed E-state index contributed by atoms with van der Waals surface area (Å²) in [4.78, 5) is 12.4. The molecule has 1 amide bonds. The monoisotopic (exact) mass is 349 g/mol. The Bertz CT molecular complexity index is 927. The highest BCUT2D eigenvalue weighted by Gasteiger charge is 2.11. The molecule has 0 aliphatic carbocycles. The fraction of sp³-hybridized carbons (Fsp3) is 0.238. The number of nitrogens with zero attached hydrogens (tertiary/aromatic N) is 2. The fourth-order valence-electron chi connectivity index (χ4n) is 2.95. The molecule has 5 nitrogen and oxygen atoms in total. The molecule has 134 valence electrons. The molecule has 0 saturated carbocycles. The van der Waals surface area contributed by atoms with Gasteiger partial charge >= 0.3 is 0 Å². The SMILES string of the molecule is COc1cccc(C(=O)Nc2ccc(Cc3c(C)nn(C)c3C)cc2)c1. The summed E-state index contributed by atoms with van der Waals surface area (Å²) < 4.78 is 7.07. The first-order valence-electron chi connectivity index (χ1n) is 8.51. The van der Waals surface area contributed by atoms with Crippen LogP contribution in [-0.2, 0) is 13.5 Å². The molecule has 0 fully saturated rings. The lowest BCUT2D eigenvalue weighted by Gasteiger charge is -2.08. The largest absolute Gasteiger partial charge is 0.497 e. The van der Waals surface area contributed by atoms with Gasteiger partial charge in [0.1, 0.15) is 5.75 Å². The third-order valence-electron chi connectivity index (χ3n) is 4.58. The number of carbonyl (C=O) groups is 1. The summed E-state index contributed by atoms with van der Waals surface area (Å²) >= 11 is 0. The van der Waals surface area contributed by atoms with Gasteiger partial charge in [-0.2, -0.15) is 5.10 Å². The minimum atomic E-state index is -0.157. The Balaban J connectivity index is 1.70. The van der Waals surface area contributed by atoms with Crippen molar-refractivity contribution >= 4 is 11.6 Å². The van der Waals surface area contributed by atoms with Crippen molar-refractivity contribution in [1.29, 1.82) is 0 Å². The van der Waals surface area contributed by atoms with E-state index in [-0.39, 0.29) is 5.91 Å². The number of methoxy groups -OCH3 is 1. The van der Waals surface area contributed by atoms with Crippen molar-refractivity contribution in [2.75, 3.05) is 12.4 Å². The molecule has 0 atom stereocenters. The number of hydrogen-bond donors (Lipinski definition) is 1. The summed E-state index contributed by atoms with van der Waals surface area (Å²) in [6.07, 6.45) is 0.829. The van der Waals surface area contributed by atoms with Crippen LogP contribution in [0.3, 0.4) is 0 Å². The van der Waals surface area contributed by atoms with E-state index in [4.69, 9.17) is 4.74 Å². The van der Waals surface area contributed by atoms with E-state index in [1.54, 1.807) is 25.3 Å². The number of rotatable bonds is 5. The topological polar surface area (TPSA) is 56.1 Å². The van der Waals surface area contributed by atoms with E-state index in [1.165, 1.54) is 16.8 Å². The minimum Gasteiger partial charge on any atom is -0.497 e. The summed E-state index contributed by atoms with van der Waals surface area (Å²) in [5.41, 5.74) is 6.00. The summed E-state index contributed by atoms with van der Waals surface area (Å²) in [5, 5.41) is 7.38. The van der Waals surface area contributed by atoms with E-state index >= 15 is 0 Å². The first-order valence-corrected chi connectivity index (χ1v) is 8.51. The standard InChI is InChI=1S/C21H23N3O2/c1-14-20(15(2)24(3)23-14)12-16-8-10-18(11-9-16)22-21(25)17-6-5-7-19(13-17)26-4/h5-11,13H,12H2,1-4H3,(H,22,25). The van der Waals surface area contributed by atoms with Crippen LogP contribution >= 0.6 is 0 Å². The molecule has 3 aromatic rings. The molecule has 1 heterocycles. The van der Waals surface area contributed by atoms with Crippen LogP contribution in [0.25, 0.3) is 0 Å². The molecule has 26 heavy (non-hydrogen) atoms. The molecular weight excluding hydrogens is 326 g/mol. The van der Waals surface area contributed by atoms with Gasteiger partial charge in [0.2, 0.25) is 0 Å². The van der Waals surface area contributed by atoms with Crippen molar-refractivity contribution in [2.45, 2.75) is 20.3 Å². The second-order valence-corrected chi connectivity index (χ2v) is 6.33. The highest BCUT2D eigenvalue weighted by atomic mass is 16.5. The number of aromatic nitrogens is 2. The Kier molecular flexibility index (Phi) is 5.07. The van der Waals surface area contributed by atoms with Crippen LogP contribution in [0.2, 0.25) is 0 Å². The number of amides is 1. The summed E-state index contributed by atoms with van der Waals surface area (Å²) in [6.45, 7) is 4.11. The van der Waals surface area contributed by atoms with Crippen molar-refractivity contribution in [3.63, 3.8) is 0 Å². The van der Waals surface area contributed by atoms with Gasteiger partial charge in [0.05, 0.1) is 12.8 Å². The molecular formula is C21H23N3O2. The van der Waals surface area contributed by atoms with Crippen molar-refractivity contribution in [2.24, 2.45) is 7.05 Å². The smallest absolute Gasteiger partial charge is 0.255 e. The number of aryl methyl sites for hydroxylation is 2. The lowest BCUT2D eigenvalue weighted by atomic mass is 10.0. The van der Waals surface area contributed by atoms with Gasteiger partial charge in [-0.15, -0.1) is 0 Å². The average molecular weight is 349 g/mol. The van der Waals surface area contributed by atoms with Crippen molar-refractivity contribution < 1.29 is 9.53 Å². The minimum absolute atomic E-state index is 0.157. The second kappa shape index (κ2) is 7.44. The summed E-state index contributed by atoms with van der Waals surface area (Å²) in [6, 6.07) is 15.0. The molecule has 0 spiro atoms. The van der Waals surface area contributed by atoms with Gasteiger partial charge in [-0.1, -0.05) is 18.2 Å². The van der Waals surface area contributed by atoms with Crippen LogP contribution in [0.4, 0.5) is 5.69 Å². The van der Waals surface area contributed by atoms with Crippen molar-refractivity contribution in [3.8, 4) is 5.75 Å². The van der Waals surface area contributed by atoms with Gasteiger partial charge in [0.15, 0.2) is 0 Å². The average Bonchev–Trinajstić information content (AvgIpc) is 2.89. The van der Waals surface area contributed by atoms with Crippen molar-refractivity contribution in [3.05, 3.63) is 76.6 Å². The van der Waals surface area contributed by atoms with E-state index in [0.29, 0.717) is 11.3 Å². The van der Waals surface area contributed by atoms with E-state index < -0.39 is 0 Å². The molecule has 0 saturated heterocycles. The highest BCUT2D eigenvalue weighted by molar-refractivity contribution is 6.04. The maximum atomic E-state index is 12.4. The Morgan fingerprint density at radius 2 is 1.88 bits per heavy atom. The maximum absolute atomic E-state index is 12.4. The molecule has 0 aliphatic heterocycles.